The van der Waals surface area contributed by atoms with Crippen molar-refractivity contribution in [2.45, 2.75) is 26.2 Å². The van der Waals surface area contributed by atoms with Crippen molar-refractivity contribution < 1.29 is 0 Å². The smallest absolute Gasteiger partial charge is 0.0365 e. The molecule has 0 spiro atoms. The van der Waals surface area contributed by atoms with Gasteiger partial charge in [-0.05, 0) is 6.42 Å². The molecule has 0 N–H and O–H groups in total. The minimum absolute atomic E-state index is 0.792. The molecule has 0 saturated heterocycles. The molecule has 10 heavy (non-hydrogen) atoms. The van der Waals surface area contributed by atoms with Gasteiger partial charge in [0.25, 0.3) is 0 Å². The Bertz CT molecular complexity index is 134. The fourth-order valence-corrected chi connectivity index (χ4v) is 0.542. The molecule has 1 heteroatoms. The normalized spacial score (nSPS) is 10.1. The van der Waals surface area contributed by atoms with Gasteiger partial charge in [0.05, 0.1) is 0 Å². The fraction of sp³-hybridized carbons (Fsp3) is 0.444. The van der Waals surface area contributed by atoms with Crippen molar-refractivity contribution in [3.63, 3.8) is 0 Å². The monoisotopic (exact) mass is 137 g/mol. The summed E-state index contributed by atoms with van der Waals surface area (Å²) in [5.41, 5.74) is 0.892. The van der Waals surface area contributed by atoms with E-state index < -0.39 is 0 Å². The van der Waals surface area contributed by atoms with Crippen molar-refractivity contribution >= 4 is 6.21 Å². The largest absolute Gasteiger partial charge is 0.266 e. The summed E-state index contributed by atoms with van der Waals surface area (Å²) in [7, 11) is 0. The number of rotatable bonds is 5. The molecular weight excluding hydrogens is 122 g/mol. The van der Waals surface area contributed by atoms with E-state index >= 15 is 0 Å². The predicted octanol–water partition coefficient (Wildman–Crippen LogP) is 2.95. The molecule has 0 heterocycles. The topological polar surface area (TPSA) is 12.4 Å². The van der Waals surface area contributed by atoms with Gasteiger partial charge in [-0.15, -0.1) is 6.58 Å². The highest BCUT2D eigenvalue weighted by Crippen LogP contribution is 1.98. The summed E-state index contributed by atoms with van der Waals surface area (Å²) in [6.07, 6.45) is 6.69. The lowest BCUT2D eigenvalue weighted by Crippen LogP contribution is -1.76. The minimum atomic E-state index is 0.792. The summed E-state index contributed by atoms with van der Waals surface area (Å²) >= 11 is 0. The zero-order valence-electron chi connectivity index (χ0n) is 6.64. The second-order valence-electron chi connectivity index (χ2n) is 2.16. The van der Waals surface area contributed by atoms with Gasteiger partial charge in [0, 0.05) is 18.3 Å². The predicted molar refractivity (Wildman–Crippen MR) is 47.4 cm³/mol. The molecule has 0 saturated carbocycles. The van der Waals surface area contributed by atoms with Crippen LogP contribution in [0.3, 0.4) is 0 Å². The molecule has 0 aromatic heterocycles. The van der Waals surface area contributed by atoms with Gasteiger partial charge in [-0.1, -0.05) is 26.0 Å². The van der Waals surface area contributed by atoms with Gasteiger partial charge in [-0.25, -0.2) is 0 Å². The molecule has 0 fully saturated rings. The molecule has 0 aliphatic heterocycles. The molecular formula is C9H15N. The van der Waals surface area contributed by atoms with Crippen molar-refractivity contribution in [1.82, 2.24) is 0 Å². The standard InChI is InChI=1S/C9H15N/c1-4-6-8-10-9(3)7-5-2/h5,8H,2-4,6-7H2,1H3. The van der Waals surface area contributed by atoms with Crippen molar-refractivity contribution in [1.29, 1.82) is 0 Å². The van der Waals surface area contributed by atoms with Gasteiger partial charge in [0.2, 0.25) is 0 Å². The lowest BCUT2D eigenvalue weighted by atomic mass is 10.3. The Balaban J connectivity index is 3.45. The number of hydrogen-bond donors (Lipinski definition) is 0. The molecule has 0 radical (unpaired) electrons. The van der Waals surface area contributed by atoms with Crippen LogP contribution in [0, 0.1) is 0 Å². The van der Waals surface area contributed by atoms with Crippen LogP contribution < -0.4 is 0 Å². The van der Waals surface area contributed by atoms with Crippen LogP contribution in [0.25, 0.3) is 0 Å². The van der Waals surface area contributed by atoms with E-state index in [-0.39, 0.29) is 0 Å². The van der Waals surface area contributed by atoms with Crippen molar-refractivity contribution in [2.24, 2.45) is 4.99 Å². The summed E-state index contributed by atoms with van der Waals surface area (Å²) in [5, 5.41) is 0. The first-order valence-electron chi connectivity index (χ1n) is 3.62. The molecule has 0 amide bonds. The Morgan fingerprint density at radius 3 is 2.80 bits per heavy atom. The third kappa shape index (κ3) is 5.29. The van der Waals surface area contributed by atoms with E-state index in [2.05, 4.69) is 25.1 Å². The summed E-state index contributed by atoms with van der Waals surface area (Å²) < 4.78 is 0. The molecule has 0 atom stereocenters. The molecule has 0 bridgehead atoms. The van der Waals surface area contributed by atoms with E-state index in [1.54, 1.807) is 0 Å². The molecule has 0 aliphatic rings. The first-order chi connectivity index (χ1) is 4.81. The number of hydrogen-bond acceptors (Lipinski definition) is 1. The SMILES string of the molecule is C=CCC(=C)N=CCCC. The number of allylic oxidation sites excluding steroid dienone is 1. The summed E-state index contributed by atoms with van der Waals surface area (Å²) in [6, 6.07) is 0. The molecule has 0 aromatic rings. The third-order valence-corrected chi connectivity index (χ3v) is 1.07. The van der Waals surface area contributed by atoms with Gasteiger partial charge >= 0.3 is 0 Å². The number of nitrogens with zero attached hydrogens (tertiary/aromatic N) is 1. The second-order valence-corrected chi connectivity index (χ2v) is 2.16. The average Bonchev–Trinajstić information content (AvgIpc) is 1.89. The minimum Gasteiger partial charge on any atom is -0.266 e. The maximum atomic E-state index is 4.11. The van der Waals surface area contributed by atoms with Crippen LogP contribution in [-0.2, 0) is 0 Å². The van der Waals surface area contributed by atoms with Crippen LogP contribution in [0.1, 0.15) is 26.2 Å². The maximum absolute atomic E-state index is 4.11. The molecule has 56 valence electrons. The average molecular weight is 137 g/mol. The molecule has 0 aliphatic carbocycles. The molecule has 1 nitrogen and oxygen atoms in total. The molecule has 0 aromatic carbocycles. The number of unbranched alkanes of at least 4 members (excludes halogenated alkanes) is 1. The van der Waals surface area contributed by atoms with E-state index in [4.69, 9.17) is 0 Å². The Morgan fingerprint density at radius 2 is 2.30 bits per heavy atom. The van der Waals surface area contributed by atoms with Crippen LogP contribution >= 0.6 is 0 Å². The first-order valence-corrected chi connectivity index (χ1v) is 3.62. The van der Waals surface area contributed by atoms with Gasteiger partial charge in [0.15, 0.2) is 0 Å². The highest BCUT2D eigenvalue weighted by molar-refractivity contribution is 5.58. The summed E-state index contributed by atoms with van der Waals surface area (Å²) in [4.78, 5) is 4.11. The molecule has 0 rings (SSSR count). The second kappa shape index (κ2) is 6.27. The van der Waals surface area contributed by atoms with Crippen molar-refractivity contribution in [3.05, 3.63) is 24.9 Å². The maximum Gasteiger partial charge on any atom is 0.0365 e. The summed E-state index contributed by atoms with van der Waals surface area (Å²) in [6.45, 7) is 9.47. The van der Waals surface area contributed by atoms with E-state index in [0.717, 1.165) is 25.0 Å². The van der Waals surface area contributed by atoms with Crippen LogP contribution in [0.5, 0.6) is 0 Å². The zero-order chi connectivity index (χ0) is 7.82. The zero-order valence-corrected chi connectivity index (χ0v) is 6.64. The quantitative estimate of drug-likeness (QED) is 0.408. The van der Waals surface area contributed by atoms with Crippen LogP contribution in [0.15, 0.2) is 29.9 Å². The Labute approximate surface area is 63.2 Å². The van der Waals surface area contributed by atoms with E-state index in [1.807, 2.05) is 12.3 Å². The Kier molecular flexibility index (Phi) is 5.74. The molecule has 0 unspecified atom stereocenters. The third-order valence-electron chi connectivity index (χ3n) is 1.07. The first kappa shape index (κ1) is 9.15. The fourth-order valence-electron chi connectivity index (χ4n) is 0.542. The van der Waals surface area contributed by atoms with E-state index in [9.17, 15) is 0 Å². The van der Waals surface area contributed by atoms with Gasteiger partial charge < -0.3 is 0 Å². The van der Waals surface area contributed by atoms with E-state index in [0.29, 0.717) is 0 Å². The lowest BCUT2D eigenvalue weighted by molar-refractivity contribution is 1.00. The Hall–Kier alpha value is -0.850. The van der Waals surface area contributed by atoms with Gasteiger partial charge in [-0.2, -0.15) is 0 Å². The highest BCUT2D eigenvalue weighted by Gasteiger charge is 1.81. The van der Waals surface area contributed by atoms with Crippen LogP contribution in [0.4, 0.5) is 0 Å². The van der Waals surface area contributed by atoms with Crippen molar-refractivity contribution in [2.75, 3.05) is 0 Å². The van der Waals surface area contributed by atoms with E-state index in [1.165, 1.54) is 0 Å². The number of aliphatic imine (C=N–C) groups is 1. The lowest BCUT2D eigenvalue weighted by Gasteiger charge is -1.90. The Morgan fingerprint density at radius 1 is 1.60 bits per heavy atom. The summed E-state index contributed by atoms with van der Waals surface area (Å²) in [5.74, 6) is 0. The van der Waals surface area contributed by atoms with Crippen LogP contribution in [-0.4, -0.2) is 6.21 Å². The van der Waals surface area contributed by atoms with Gasteiger partial charge in [-0.3, -0.25) is 4.99 Å². The van der Waals surface area contributed by atoms with Crippen molar-refractivity contribution in [3.8, 4) is 0 Å². The van der Waals surface area contributed by atoms with Gasteiger partial charge in [0.1, 0.15) is 0 Å². The van der Waals surface area contributed by atoms with Crippen LogP contribution in [0.2, 0.25) is 0 Å². The highest BCUT2D eigenvalue weighted by atomic mass is 14.7.